The number of rotatable bonds is 1. The van der Waals surface area contributed by atoms with Crippen LogP contribution in [0.5, 0.6) is 0 Å². The Bertz CT molecular complexity index is 652. The quantitative estimate of drug-likeness (QED) is 0.741. The molecule has 0 saturated heterocycles. The Hall–Kier alpha value is -0.920. The summed E-state index contributed by atoms with van der Waals surface area (Å²) >= 11 is 0. The molecule has 0 aromatic carbocycles. The van der Waals surface area contributed by atoms with Gasteiger partial charge in [0, 0.05) is 0 Å². The predicted octanol–water partition coefficient (Wildman–Crippen LogP) is 0.232. The normalized spacial score (nSPS) is 31.4. The van der Waals surface area contributed by atoms with Gasteiger partial charge < -0.3 is 0 Å². The summed E-state index contributed by atoms with van der Waals surface area (Å²) in [6.45, 7) is 1.43. The fourth-order valence-corrected chi connectivity index (χ4v) is 3.87. The van der Waals surface area contributed by atoms with Crippen molar-refractivity contribution >= 4 is 19.9 Å². The van der Waals surface area contributed by atoms with Gasteiger partial charge in [-0.3, -0.25) is 0 Å². The average Bonchev–Trinajstić information content (AvgIpc) is 2.36. The molecule has 0 radical (unpaired) electrons. The Balaban J connectivity index is 2.56. The van der Waals surface area contributed by atoms with E-state index in [0.29, 0.717) is 12.0 Å². The highest BCUT2D eigenvalue weighted by Crippen LogP contribution is 2.33. The summed E-state index contributed by atoms with van der Waals surface area (Å²) < 4.78 is 44.9. The van der Waals surface area contributed by atoms with Gasteiger partial charge in [0.2, 0.25) is 10.0 Å². The standard InChI is InChI=1S/C10H13NO4S2/c1-10(17(11,14)15)5-2-8-4-7-16(12,13)9(8)3-6-10/h2-3,5-6H,4,7H2,1H3,(H2,11,14,15). The fraction of sp³-hybridized carbons (Fsp3) is 0.400. The number of nitrogens with two attached hydrogens (primary N) is 1. The molecule has 1 aliphatic carbocycles. The summed E-state index contributed by atoms with van der Waals surface area (Å²) in [6, 6.07) is 0. The second-order valence-electron chi connectivity index (χ2n) is 4.35. The molecule has 0 bridgehead atoms. The van der Waals surface area contributed by atoms with E-state index in [2.05, 4.69) is 0 Å². The summed E-state index contributed by atoms with van der Waals surface area (Å²) in [6.07, 6.45) is 6.07. The van der Waals surface area contributed by atoms with Crippen molar-refractivity contribution in [3.63, 3.8) is 0 Å². The van der Waals surface area contributed by atoms with E-state index in [1.807, 2.05) is 0 Å². The van der Waals surface area contributed by atoms with Gasteiger partial charge in [0.1, 0.15) is 4.75 Å². The molecule has 1 aliphatic heterocycles. The number of hydrogen-bond donors (Lipinski definition) is 1. The van der Waals surface area contributed by atoms with Gasteiger partial charge in [-0.05, 0) is 25.0 Å². The van der Waals surface area contributed by atoms with Gasteiger partial charge in [-0.15, -0.1) is 0 Å². The minimum atomic E-state index is -3.81. The summed E-state index contributed by atoms with van der Waals surface area (Å²) in [5.41, 5.74) is 0.647. The molecule has 1 heterocycles. The van der Waals surface area contributed by atoms with Gasteiger partial charge in [-0.1, -0.05) is 18.2 Å². The summed E-state index contributed by atoms with van der Waals surface area (Å²) in [7, 11) is -7.07. The maximum Gasteiger partial charge on any atom is 0.221 e. The summed E-state index contributed by atoms with van der Waals surface area (Å²) in [5, 5.41) is 5.13. The van der Waals surface area contributed by atoms with Gasteiger partial charge >= 0.3 is 0 Å². The highest BCUT2D eigenvalue weighted by molar-refractivity contribution is 7.95. The topological polar surface area (TPSA) is 94.3 Å². The van der Waals surface area contributed by atoms with E-state index in [1.54, 1.807) is 6.08 Å². The lowest BCUT2D eigenvalue weighted by Crippen LogP contribution is -2.36. The van der Waals surface area contributed by atoms with Crippen LogP contribution in [-0.2, 0) is 19.9 Å². The van der Waals surface area contributed by atoms with Crippen LogP contribution in [0.25, 0.3) is 0 Å². The molecule has 0 amide bonds. The molecule has 2 rings (SSSR count). The molecule has 0 spiro atoms. The van der Waals surface area contributed by atoms with E-state index in [0.717, 1.165) is 0 Å². The highest BCUT2D eigenvalue weighted by atomic mass is 32.2. The Labute approximate surface area is 101 Å². The molecular formula is C10H13NO4S2. The largest absolute Gasteiger partial charge is 0.228 e. The SMILES string of the molecule is CC1(S(N)(=O)=O)C=CC2=C(C=C1)S(=O)(=O)CC2. The van der Waals surface area contributed by atoms with E-state index >= 15 is 0 Å². The van der Waals surface area contributed by atoms with Crippen LogP contribution in [0.1, 0.15) is 13.3 Å². The lowest BCUT2D eigenvalue weighted by molar-refractivity contribution is 0.581. The van der Waals surface area contributed by atoms with E-state index in [9.17, 15) is 16.8 Å². The number of hydrogen-bond acceptors (Lipinski definition) is 4. The second-order valence-corrected chi connectivity index (χ2v) is 8.40. The molecule has 2 aliphatic rings. The molecule has 7 heteroatoms. The first-order chi connectivity index (χ1) is 7.66. The van der Waals surface area contributed by atoms with E-state index in [-0.39, 0.29) is 10.7 Å². The van der Waals surface area contributed by atoms with Crippen molar-refractivity contribution in [2.75, 3.05) is 5.75 Å². The fourth-order valence-electron chi connectivity index (χ4n) is 1.81. The lowest BCUT2D eigenvalue weighted by atomic mass is 10.1. The highest BCUT2D eigenvalue weighted by Gasteiger charge is 2.35. The van der Waals surface area contributed by atoms with Crippen LogP contribution in [-0.4, -0.2) is 27.3 Å². The van der Waals surface area contributed by atoms with Crippen LogP contribution in [0.2, 0.25) is 0 Å². The zero-order valence-corrected chi connectivity index (χ0v) is 10.9. The van der Waals surface area contributed by atoms with Gasteiger partial charge in [-0.25, -0.2) is 22.0 Å². The van der Waals surface area contributed by atoms with E-state index in [4.69, 9.17) is 5.14 Å². The maximum absolute atomic E-state index is 11.7. The third-order valence-electron chi connectivity index (χ3n) is 3.09. The molecule has 1 atom stereocenters. The predicted molar refractivity (Wildman–Crippen MR) is 65.2 cm³/mol. The minimum Gasteiger partial charge on any atom is -0.228 e. The van der Waals surface area contributed by atoms with Crippen LogP contribution in [0.3, 0.4) is 0 Å². The van der Waals surface area contributed by atoms with Crippen LogP contribution in [0, 0.1) is 0 Å². The van der Waals surface area contributed by atoms with Crippen molar-refractivity contribution in [2.24, 2.45) is 5.14 Å². The first kappa shape index (κ1) is 12.5. The molecule has 2 N–H and O–H groups in total. The Morgan fingerprint density at radius 1 is 1.29 bits per heavy atom. The Morgan fingerprint density at radius 2 is 1.88 bits per heavy atom. The van der Waals surface area contributed by atoms with Gasteiger partial charge in [0.15, 0.2) is 9.84 Å². The number of sulfonamides is 1. The van der Waals surface area contributed by atoms with Crippen LogP contribution in [0.4, 0.5) is 0 Å². The number of primary sulfonamides is 1. The monoisotopic (exact) mass is 275 g/mol. The van der Waals surface area contributed by atoms with Crippen LogP contribution < -0.4 is 5.14 Å². The molecule has 17 heavy (non-hydrogen) atoms. The maximum atomic E-state index is 11.7. The van der Waals surface area contributed by atoms with Gasteiger partial charge in [0.05, 0.1) is 10.7 Å². The Kier molecular flexibility index (Phi) is 2.61. The molecule has 1 unspecified atom stereocenters. The van der Waals surface area contributed by atoms with Gasteiger partial charge in [-0.2, -0.15) is 0 Å². The third-order valence-corrected chi connectivity index (χ3v) is 6.39. The molecule has 0 aromatic heterocycles. The van der Waals surface area contributed by atoms with E-state index < -0.39 is 24.6 Å². The van der Waals surface area contributed by atoms with Gasteiger partial charge in [0.25, 0.3) is 0 Å². The molecule has 94 valence electrons. The molecule has 0 aromatic rings. The van der Waals surface area contributed by atoms with Crippen molar-refractivity contribution in [3.8, 4) is 0 Å². The zero-order valence-electron chi connectivity index (χ0n) is 9.25. The first-order valence-electron chi connectivity index (χ1n) is 5.02. The Morgan fingerprint density at radius 3 is 2.47 bits per heavy atom. The van der Waals surface area contributed by atoms with Crippen LogP contribution >= 0.6 is 0 Å². The molecule has 5 nitrogen and oxygen atoms in total. The minimum absolute atomic E-state index is 0.0818. The first-order valence-corrected chi connectivity index (χ1v) is 8.22. The van der Waals surface area contributed by atoms with Crippen molar-refractivity contribution in [1.29, 1.82) is 0 Å². The van der Waals surface area contributed by atoms with Crippen LogP contribution in [0.15, 0.2) is 34.8 Å². The molecule has 0 fully saturated rings. The molecule has 0 saturated carbocycles. The van der Waals surface area contributed by atoms with E-state index in [1.165, 1.54) is 25.2 Å². The summed E-state index contributed by atoms with van der Waals surface area (Å²) in [5.74, 6) is 0.0818. The zero-order chi connectivity index (χ0) is 12.9. The van der Waals surface area contributed by atoms with Crippen molar-refractivity contribution < 1.29 is 16.8 Å². The smallest absolute Gasteiger partial charge is 0.221 e. The van der Waals surface area contributed by atoms with Crippen molar-refractivity contribution in [2.45, 2.75) is 18.1 Å². The lowest BCUT2D eigenvalue weighted by Gasteiger charge is -2.18. The molecular weight excluding hydrogens is 262 g/mol. The number of sulfone groups is 1. The van der Waals surface area contributed by atoms with Crippen molar-refractivity contribution in [3.05, 3.63) is 34.8 Å². The number of allylic oxidation sites excluding steroid dienone is 3. The average molecular weight is 275 g/mol. The second kappa shape index (κ2) is 3.54. The van der Waals surface area contributed by atoms with Crippen molar-refractivity contribution in [1.82, 2.24) is 0 Å². The third kappa shape index (κ3) is 1.98. The summed E-state index contributed by atoms with van der Waals surface area (Å²) in [4.78, 5) is 0.209.